The number of hydrogen-bond acceptors (Lipinski definition) is 3. The van der Waals surface area contributed by atoms with Crippen LogP contribution in [0.2, 0.25) is 0 Å². The molecule has 1 saturated heterocycles. The number of likely N-dealkylation sites (tertiary alicyclic amines) is 1. The van der Waals surface area contributed by atoms with Crippen molar-refractivity contribution in [3.8, 4) is 0 Å². The summed E-state index contributed by atoms with van der Waals surface area (Å²) in [6, 6.07) is 5.69. The third-order valence-corrected chi connectivity index (χ3v) is 8.46. The van der Waals surface area contributed by atoms with Crippen LogP contribution in [0.25, 0.3) is 0 Å². The van der Waals surface area contributed by atoms with Crippen LogP contribution in [0.15, 0.2) is 48.7 Å². The molecule has 1 N–H and O–H groups in total. The summed E-state index contributed by atoms with van der Waals surface area (Å²) in [4.78, 5) is 32.4. The fourth-order valence-electron chi connectivity index (χ4n) is 7.41. The molecule has 0 spiro atoms. The lowest BCUT2D eigenvalue weighted by molar-refractivity contribution is -0.136. The van der Waals surface area contributed by atoms with E-state index in [1.165, 1.54) is 6.42 Å². The number of carbonyl (C=O) groups excluding carboxylic acids is 2. The molecule has 3 saturated carbocycles. The molecular formula is C25H29N3O2. The summed E-state index contributed by atoms with van der Waals surface area (Å²) in [7, 11) is 0. The van der Waals surface area contributed by atoms with Gasteiger partial charge in [0.2, 0.25) is 5.91 Å². The normalized spacial score (nSPS) is 41.1. The van der Waals surface area contributed by atoms with Gasteiger partial charge in [0.1, 0.15) is 5.69 Å². The van der Waals surface area contributed by atoms with E-state index < -0.39 is 0 Å². The molecule has 0 aromatic carbocycles. The van der Waals surface area contributed by atoms with Gasteiger partial charge in [0.25, 0.3) is 5.91 Å². The number of pyridine rings is 1. The Morgan fingerprint density at radius 2 is 1.90 bits per heavy atom. The van der Waals surface area contributed by atoms with Crippen LogP contribution in [0.3, 0.4) is 0 Å². The summed E-state index contributed by atoms with van der Waals surface area (Å²) in [5.41, 5.74) is 0.559. The molecule has 1 aromatic rings. The highest BCUT2D eigenvalue weighted by Gasteiger charge is 2.59. The van der Waals surface area contributed by atoms with Gasteiger partial charge in [-0.05, 0) is 68.4 Å². The predicted molar refractivity (Wildman–Crippen MR) is 113 cm³/mol. The lowest BCUT2D eigenvalue weighted by Crippen LogP contribution is -2.52. The van der Waals surface area contributed by atoms with Crippen molar-refractivity contribution in [1.29, 1.82) is 0 Å². The van der Waals surface area contributed by atoms with Crippen LogP contribution in [0.4, 0.5) is 0 Å². The van der Waals surface area contributed by atoms with Gasteiger partial charge in [-0.1, -0.05) is 30.4 Å². The summed E-state index contributed by atoms with van der Waals surface area (Å²) >= 11 is 0. The second kappa shape index (κ2) is 6.79. The Balaban J connectivity index is 1.20. The van der Waals surface area contributed by atoms with Gasteiger partial charge in [0.15, 0.2) is 0 Å². The molecule has 1 aromatic heterocycles. The van der Waals surface area contributed by atoms with Crippen LogP contribution in [0, 0.1) is 29.6 Å². The number of aromatic nitrogens is 1. The van der Waals surface area contributed by atoms with E-state index in [4.69, 9.17) is 0 Å². The largest absolute Gasteiger partial charge is 0.348 e. The molecule has 2 heterocycles. The first-order valence-electron chi connectivity index (χ1n) is 11.5. The van der Waals surface area contributed by atoms with Gasteiger partial charge >= 0.3 is 0 Å². The van der Waals surface area contributed by atoms with E-state index in [-0.39, 0.29) is 23.4 Å². The minimum Gasteiger partial charge on any atom is -0.348 e. The molecule has 5 heteroatoms. The first-order chi connectivity index (χ1) is 14.6. The van der Waals surface area contributed by atoms with Crippen molar-refractivity contribution >= 4 is 11.8 Å². The summed E-state index contributed by atoms with van der Waals surface area (Å²) in [5.74, 6) is 2.58. The Morgan fingerprint density at radius 3 is 2.70 bits per heavy atom. The molecule has 30 heavy (non-hydrogen) atoms. The van der Waals surface area contributed by atoms with E-state index in [0.29, 0.717) is 35.3 Å². The van der Waals surface area contributed by atoms with Crippen LogP contribution in [0.5, 0.6) is 0 Å². The maximum absolute atomic E-state index is 13.3. The third-order valence-electron chi connectivity index (χ3n) is 8.46. The van der Waals surface area contributed by atoms with Crippen LogP contribution in [-0.4, -0.2) is 39.8 Å². The van der Waals surface area contributed by atoms with Crippen LogP contribution < -0.4 is 5.32 Å². The van der Waals surface area contributed by atoms with Crippen molar-refractivity contribution in [3.63, 3.8) is 0 Å². The zero-order chi connectivity index (χ0) is 20.3. The van der Waals surface area contributed by atoms with Gasteiger partial charge in [-0.3, -0.25) is 14.6 Å². The van der Waals surface area contributed by atoms with E-state index in [1.54, 1.807) is 12.3 Å². The number of carbonyl (C=O) groups is 2. The highest BCUT2D eigenvalue weighted by molar-refractivity contribution is 5.92. The van der Waals surface area contributed by atoms with Gasteiger partial charge in [0, 0.05) is 30.2 Å². The zero-order valence-corrected chi connectivity index (χ0v) is 17.2. The van der Waals surface area contributed by atoms with Crippen molar-refractivity contribution < 1.29 is 9.59 Å². The molecule has 7 atom stereocenters. The quantitative estimate of drug-likeness (QED) is 0.842. The van der Waals surface area contributed by atoms with Crippen LogP contribution >= 0.6 is 0 Å². The fraction of sp³-hybridized carbons (Fsp3) is 0.560. The van der Waals surface area contributed by atoms with Crippen LogP contribution in [0.1, 0.15) is 49.0 Å². The van der Waals surface area contributed by atoms with Gasteiger partial charge in [-0.2, -0.15) is 0 Å². The highest BCUT2D eigenvalue weighted by atomic mass is 16.2. The molecule has 2 amide bonds. The first kappa shape index (κ1) is 18.3. The molecule has 7 unspecified atom stereocenters. The minimum absolute atomic E-state index is 0.0515. The molecular weight excluding hydrogens is 374 g/mol. The second-order valence-electron chi connectivity index (χ2n) is 10.2. The molecule has 3 bridgehead atoms. The lowest BCUT2D eigenvalue weighted by Gasteiger charge is -2.45. The lowest BCUT2D eigenvalue weighted by atomic mass is 9.73. The summed E-state index contributed by atoms with van der Waals surface area (Å²) in [6.45, 7) is 0.885. The fourth-order valence-corrected chi connectivity index (χ4v) is 7.41. The van der Waals surface area contributed by atoms with Crippen molar-refractivity contribution in [2.45, 2.75) is 50.1 Å². The average molecular weight is 404 g/mol. The van der Waals surface area contributed by atoms with E-state index in [9.17, 15) is 9.59 Å². The van der Waals surface area contributed by atoms with Crippen molar-refractivity contribution in [1.82, 2.24) is 15.2 Å². The molecule has 4 fully saturated rings. The monoisotopic (exact) mass is 403 g/mol. The minimum atomic E-state index is -0.0556. The summed E-state index contributed by atoms with van der Waals surface area (Å²) in [5, 5.41) is 3.27. The number of rotatable bonds is 3. The van der Waals surface area contributed by atoms with Gasteiger partial charge in [0.05, 0.1) is 5.92 Å². The summed E-state index contributed by atoms with van der Waals surface area (Å²) in [6.07, 6.45) is 16.8. The van der Waals surface area contributed by atoms with Crippen molar-refractivity contribution in [3.05, 3.63) is 54.4 Å². The van der Waals surface area contributed by atoms with Gasteiger partial charge in [-0.25, -0.2) is 0 Å². The molecule has 156 valence electrons. The van der Waals surface area contributed by atoms with Crippen molar-refractivity contribution in [2.75, 3.05) is 6.54 Å². The van der Waals surface area contributed by atoms with E-state index in [1.807, 2.05) is 18.2 Å². The molecule has 0 radical (unpaired) electrons. The number of fused-ring (bicyclic) bond motifs is 3. The maximum Gasteiger partial charge on any atom is 0.270 e. The van der Waals surface area contributed by atoms with Crippen molar-refractivity contribution in [2.24, 2.45) is 29.6 Å². The summed E-state index contributed by atoms with van der Waals surface area (Å²) < 4.78 is 0. The SMILES string of the molecule is O=C(NC1CC2CC3CC(N4CC5C=CC=CC5C4=O)(C2)CC3C1)c1ccccn1. The Hall–Kier alpha value is -2.43. The third kappa shape index (κ3) is 2.85. The molecule has 5 aliphatic rings. The molecule has 5 nitrogen and oxygen atoms in total. The molecule has 4 aliphatic carbocycles. The van der Waals surface area contributed by atoms with E-state index >= 15 is 0 Å². The van der Waals surface area contributed by atoms with E-state index in [0.717, 1.165) is 38.6 Å². The number of hydrogen-bond donors (Lipinski definition) is 1. The smallest absolute Gasteiger partial charge is 0.270 e. The second-order valence-corrected chi connectivity index (χ2v) is 10.2. The standard InChI is InChI=1S/C25H29N3O2/c29-23(22-7-3-4-8-26-22)27-20-10-16-9-18-13-25(12-16,14-19(18)11-20)28-15-17-5-1-2-6-21(17)24(28)30/h1-8,16-21H,9-15H2,(H,27,29). The average Bonchev–Trinajstić information content (AvgIpc) is 3.19. The van der Waals surface area contributed by atoms with Gasteiger partial charge < -0.3 is 10.2 Å². The first-order valence-corrected chi connectivity index (χ1v) is 11.5. The number of nitrogens with one attached hydrogen (secondary N) is 1. The Bertz CT molecular complexity index is 922. The molecule has 1 aliphatic heterocycles. The Morgan fingerprint density at radius 1 is 1.07 bits per heavy atom. The predicted octanol–water partition coefficient (Wildman–Crippen LogP) is 3.35. The van der Waals surface area contributed by atoms with E-state index in [2.05, 4.69) is 33.4 Å². The Kier molecular flexibility index (Phi) is 4.15. The Labute approximate surface area is 177 Å². The maximum atomic E-state index is 13.3. The van der Waals surface area contributed by atoms with Gasteiger partial charge in [-0.15, -0.1) is 0 Å². The molecule has 6 rings (SSSR count). The zero-order valence-electron chi connectivity index (χ0n) is 17.2. The number of amides is 2. The van der Waals surface area contributed by atoms with Crippen LogP contribution in [-0.2, 0) is 4.79 Å². The number of nitrogens with zero attached hydrogens (tertiary/aromatic N) is 2. The highest BCUT2D eigenvalue weighted by Crippen LogP contribution is 2.59. The number of allylic oxidation sites excluding steroid dienone is 2. The topological polar surface area (TPSA) is 62.3 Å².